The van der Waals surface area contributed by atoms with Crippen LogP contribution in [0.4, 0.5) is 0 Å². The second kappa shape index (κ2) is 4.95. The summed E-state index contributed by atoms with van der Waals surface area (Å²) in [5.41, 5.74) is 5.78. The van der Waals surface area contributed by atoms with E-state index in [1.165, 1.54) is 11.3 Å². The van der Waals surface area contributed by atoms with Gasteiger partial charge in [0.2, 0.25) is 5.91 Å². The Hall–Kier alpha value is -0.910. The first-order chi connectivity index (χ1) is 7.68. The number of amides is 1. The van der Waals surface area contributed by atoms with Gasteiger partial charge in [-0.25, -0.2) is 0 Å². The zero-order valence-corrected chi connectivity index (χ0v) is 9.74. The lowest BCUT2D eigenvalue weighted by Gasteiger charge is -2.13. The molecule has 0 aliphatic heterocycles. The van der Waals surface area contributed by atoms with Gasteiger partial charge in [-0.2, -0.15) is 0 Å². The largest absolute Gasteiger partial charge is 0.391 e. The molecule has 0 aromatic carbocycles. The quantitative estimate of drug-likeness (QED) is 0.707. The molecule has 1 amide bonds. The Kier molecular flexibility index (Phi) is 3.58. The van der Waals surface area contributed by atoms with E-state index in [1.807, 2.05) is 17.5 Å². The van der Waals surface area contributed by atoms with Crippen LogP contribution in [-0.2, 0) is 4.79 Å². The third kappa shape index (κ3) is 2.81. The van der Waals surface area contributed by atoms with Crippen LogP contribution in [0.15, 0.2) is 17.5 Å². The number of nitrogens with two attached hydrogens (primary N) is 1. The van der Waals surface area contributed by atoms with Crippen molar-refractivity contribution in [2.24, 2.45) is 11.7 Å². The van der Waals surface area contributed by atoms with Crippen LogP contribution in [0, 0.1) is 5.92 Å². The van der Waals surface area contributed by atoms with E-state index >= 15 is 0 Å². The summed E-state index contributed by atoms with van der Waals surface area (Å²) in [6.07, 6.45) is 1.71. The van der Waals surface area contributed by atoms with Crippen LogP contribution in [0.1, 0.15) is 23.8 Å². The van der Waals surface area contributed by atoms with E-state index in [1.54, 1.807) is 0 Å². The molecular weight excluding hydrogens is 224 g/mol. The van der Waals surface area contributed by atoms with Gasteiger partial charge in [0.05, 0.1) is 6.10 Å². The molecule has 4 N–H and O–H groups in total. The van der Waals surface area contributed by atoms with Crippen molar-refractivity contribution in [3.05, 3.63) is 22.4 Å². The Balaban J connectivity index is 1.78. The van der Waals surface area contributed by atoms with Crippen molar-refractivity contribution in [3.8, 4) is 0 Å². The molecule has 1 aliphatic rings. The predicted octanol–water partition coefficient (Wildman–Crippen LogP) is 0.635. The zero-order chi connectivity index (χ0) is 11.5. The molecular formula is C11H16N2O2S. The van der Waals surface area contributed by atoms with Crippen LogP contribution in [0.25, 0.3) is 0 Å². The fourth-order valence-corrected chi connectivity index (χ4v) is 2.29. The number of aliphatic hydroxyl groups is 1. The smallest absolute Gasteiger partial charge is 0.242 e. The third-order valence-corrected chi connectivity index (χ3v) is 3.74. The molecule has 1 fully saturated rings. The summed E-state index contributed by atoms with van der Waals surface area (Å²) in [7, 11) is 0. The van der Waals surface area contributed by atoms with Crippen molar-refractivity contribution >= 4 is 17.2 Å². The summed E-state index contributed by atoms with van der Waals surface area (Å²) in [5, 5.41) is 14.2. The lowest BCUT2D eigenvalue weighted by atomic mass is 10.2. The first-order valence-corrected chi connectivity index (χ1v) is 6.31. The molecule has 2 unspecified atom stereocenters. The molecule has 1 aliphatic carbocycles. The highest BCUT2D eigenvalue weighted by Crippen LogP contribution is 2.32. The van der Waals surface area contributed by atoms with Crippen LogP contribution in [-0.4, -0.2) is 23.7 Å². The Bertz CT molecular complexity index is 349. The average molecular weight is 240 g/mol. The Morgan fingerprint density at radius 1 is 1.69 bits per heavy atom. The van der Waals surface area contributed by atoms with E-state index in [0.29, 0.717) is 12.5 Å². The highest BCUT2D eigenvalue weighted by Gasteiger charge is 2.30. The van der Waals surface area contributed by atoms with Gasteiger partial charge >= 0.3 is 0 Å². The van der Waals surface area contributed by atoms with Gasteiger partial charge in [0, 0.05) is 11.4 Å². The molecule has 0 spiro atoms. The SMILES string of the molecule is NC(C(=O)NCC(O)C1CC1)c1cccs1. The summed E-state index contributed by atoms with van der Waals surface area (Å²) < 4.78 is 0. The van der Waals surface area contributed by atoms with Crippen molar-refractivity contribution in [1.29, 1.82) is 0 Å². The van der Waals surface area contributed by atoms with Crippen molar-refractivity contribution in [3.63, 3.8) is 0 Å². The van der Waals surface area contributed by atoms with Crippen molar-refractivity contribution in [1.82, 2.24) is 5.32 Å². The standard InChI is InChI=1S/C11H16N2O2S/c12-10(9-2-1-5-16-9)11(15)13-6-8(14)7-3-4-7/h1-2,5,7-8,10,14H,3-4,6,12H2,(H,13,15). The normalized spacial score (nSPS) is 19.1. The maximum absolute atomic E-state index is 11.6. The number of hydrogen-bond acceptors (Lipinski definition) is 4. The molecule has 4 nitrogen and oxygen atoms in total. The molecule has 0 bridgehead atoms. The summed E-state index contributed by atoms with van der Waals surface area (Å²) in [6, 6.07) is 3.09. The molecule has 1 saturated carbocycles. The number of aliphatic hydroxyl groups excluding tert-OH is 1. The third-order valence-electron chi connectivity index (χ3n) is 2.78. The van der Waals surface area contributed by atoms with Gasteiger partial charge in [0.25, 0.3) is 0 Å². The number of carbonyl (C=O) groups is 1. The minimum atomic E-state index is -0.619. The molecule has 1 aromatic rings. The van der Waals surface area contributed by atoms with Crippen LogP contribution in [0.3, 0.4) is 0 Å². The topological polar surface area (TPSA) is 75.4 Å². The van der Waals surface area contributed by atoms with Crippen LogP contribution in [0.5, 0.6) is 0 Å². The minimum absolute atomic E-state index is 0.220. The predicted molar refractivity (Wildman–Crippen MR) is 63.0 cm³/mol. The summed E-state index contributed by atoms with van der Waals surface area (Å²) in [4.78, 5) is 12.5. The van der Waals surface area contributed by atoms with E-state index in [-0.39, 0.29) is 5.91 Å². The number of hydrogen-bond donors (Lipinski definition) is 3. The molecule has 1 aromatic heterocycles. The van der Waals surface area contributed by atoms with Crippen LogP contribution < -0.4 is 11.1 Å². The fraction of sp³-hybridized carbons (Fsp3) is 0.545. The molecule has 2 atom stereocenters. The van der Waals surface area contributed by atoms with Gasteiger partial charge in [0.1, 0.15) is 6.04 Å². The van der Waals surface area contributed by atoms with Gasteiger partial charge in [0.15, 0.2) is 0 Å². The Morgan fingerprint density at radius 2 is 2.44 bits per heavy atom. The first-order valence-electron chi connectivity index (χ1n) is 5.43. The van der Waals surface area contributed by atoms with E-state index in [4.69, 9.17) is 5.73 Å². The van der Waals surface area contributed by atoms with E-state index in [0.717, 1.165) is 17.7 Å². The van der Waals surface area contributed by atoms with Gasteiger partial charge in [-0.3, -0.25) is 4.79 Å². The molecule has 16 heavy (non-hydrogen) atoms. The number of carbonyl (C=O) groups excluding carboxylic acids is 1. The lowest BCUT2D eigenvalue weighted by Crippen LogP contribution is -2.38. The number of nitrogens with one attached hydrogen (secondary N) is 1. The molecule has 0 radical (unpaired) electrons. The Morgan fingerprint density at radius 3 is 3.00 bits per heavy atom. The minimum Gasteiger partial charge on any atom is -0.391 e. The first kappa shape index (κ1) is 11.6. The average Bonchev–Trinajstić information content (AvgIpc) is 3.00. The highest BCUT2D eigenvalue weighted by atomic mass is 32.1. The molecule has 88 valence electrons. The number of thiophene rings is 1. The lowest BCUT2D eigenvalue weighted by molar-refractivity contribution is -0.122. The molecule has 1 heterocycles. The Labute approximate surface area is 98.5 Å². The van der Waals surface area contributed by atoms with Gasteiger partial charge in [-0.1, -0.05) is 6.07 Å². The maximum atomic E-state index is 11.6. The van der Waals surface area contributed by atoms with E-state index in [9.17, 15) is 9.90 Å². The molecule has 0 saturated heterocycles. The van der Waals surface area contributed by atoms with E-state index < -0.39 is 12.1 Å². The van der Waals surface area contributed by atoms with Crippen molar-refractivity contribution in [2.75, 3.05) is 6.54 Å². The summed E-state index contributed by atoms with van der Waals surface area (Å²) >= 11 is 1.46. The zero-order valence-electron chi connectivity index (χ0n) is 8.93. The number of rotatable bonds is 5. The van der Waals surface area contributed by atoms with Crippen molar-refractivity contribution < 1.29 is 9.90 Å². The maximum Gasteiger partial charge on any atom is 0.242 e. The molecule has 5 heteroatoms. The second-order valence-electron chi connectivity index (χ2n) is 4.14. The van der Waals surface area contributed by atoms with Crippen molar-refractivity contribution in [2.45, 2.75) is 25.0 Å². The van der Waals surface area contributed by atoms with Gasteiger partial charge in [-0.15, -0.1) is 11.3 Å². The summed E-state index contributed by atoms with van der Waals surface area (Å²) in [6.45, 7) is 0.308. The van der Waals surface area contributed by atoms with Gasteiger partial charge < -0.3 is 16.2 Å². The molecule has 2 rings (SSSR count). The van der Waals surface area contributed by atoms with Crippen LogP contribution in [0.2, 0.25) is 0 Å². The van der Waals surface area contributed by atoms with Gasteiger partial charge in [-0.05, 0) is 30.2 Å². The second-order valence-corrected chi connectivity index (χ2v) is 5.12. The fourth-order valence-electron chi connectivity index (χ4n) is 1.56. The van der Waals surface area contributed by atoms with Crippen LogP contribution >= 0.6 is 11.3 Å². The highest BCUT2D eigenvalue weighted by molar-refractivity contribution is 7.10. The summed E-state index contributed by atoms with van der Waals surface area (Å²) in [5.74, 6) is 0.153. The monoisotopic (exact) mass is 240 g/mol. The van der Waals surface area contributed by atoms with E-state index in [2.05, 4.69) is 5.32 Å².